The van der Waals surface area contributed by atoms with Crippen molar-refractivity contribution < 1.29 is 4.92 Å². The van der Waals surface area contributed by atoms with E-state index in [0.29, 0.717) is 6.54 Å². The van der Waals surface area contributed by atoms with Gasteiger partial charge in [-0.1, -0.05) is 17.5 Å². The fourth-order valence-corrected chi connectivity index (χ4v) is 1.07. The minimum atomic E-state index is -0.541. The first kappa shape index (κ1) is 11.3. The lowest BCUT2D eigenvalue weighted by Gasteiger charge is -2.02. The molecule has 0 atom stereocenters. The maximum atomic E-state index is 10.6. The molecule has 0 spiro atoms. The first-order chi connectivity index (χ1) is 7.15. The molecule has 0 saturated heterocycles. The van der Waals surface area contributed by atoms with Gasteiger partial charge in [-0.2, -0.15) is 0 Å². The van der Waals surface area contributed by atoms with Crippen molar-refractivity contribution >= 4 is 23.1 Å². The highest BCUT2D eigenvalue weighted by Crippen LogP contribution is 2.24. The Morgan fingerprint density at radius 2 is 2.47 bits per heavy atom. The maximum absolute atomic E-state index is 10.6. The number of hydrogen-bond donors (Lipinski definition) is 1. The number of rotatable bonds is 3. The number of anilines is 1. The van der Waals surface area contributed by atoms with E-state index in [9.17, 15) is 10.1 Å². The predicted molar refractivity (Wildman–Crippen MR) is 57.8 cm³/mol. The Morgan fingerprint density at radius 3 is 3.07 bits per heavy atom. The summed E-state index contributed by atoms with van der Waals surface area (Å²) >= 11 is 5.60. The van der Waals surface area contributed by atoms with Crippen LogP contribution in [0.1, 0.15) is 6.92 Å². The van der Waals surface area contributed by atoms with Gasteiger partial charge in [0.05, 0.1) is 16.5 Å². The predicted octanol–water partition coefficient (Wildman–Crippen LogP) is 2.08. The summed E-state index contributed by atoms with van der Waals surface area (Å²) in [5, 5.41) is 13.6. The second-order valence-electron chi connectivity index (χ2n) is 2.56. The third-order valence-electron chi connectivity index (χ3n) is 1.55. The Labute approximate surface area is 91.6 Å². The summed E-state index contributed by atoms with van der Waals surface area (Å²) in [6.45, 7) is 2.00. The van der Waals surface area contributed by atoms with Crippen LogP contribution in [0.25, 0.3) is 0 Å². The zero-order valence-corrected chi connectivity index (χ0v) is 8.71. The topological polar surface area (TPSA) is 68.1 Å². The summed E-state index contributed by atoms with van der Waals surface area (Å²) < 4.78 is 0. The van der Waals surface area contributed by atoms with E-state index in [4.69, 9.17) is 11.6 Å². The monoisotopic (exact) mass is 225 g/mol. The van der Waals surface area contributed by atoms with E-state index in [2.05, 4.69) is 22.1 Å². The second kappa shape index (κ2) is 5.17. The molecule has 0 saturated carbocycles. The summed E-state index contributed by atoms with van der Waals surface area (Å²) in [4.78, 5) is 13.9. The first-order valence-corrected chi connectivity index (χ1v) is 4.46. The van der Waals surface area contributed by atoms with Gasteiger partial charge in [0.2, 0.25) is 5.82 Å². The Kier molecular flexibility index (Phi) is 3.89. The maximum Gasteiger partial charge on any atom is 0.312 e. The van der Waals surface area contributed by atoms with Gasteiger partial charge in [0.25, 0.3) is 0 Å². The molecule has 0 bridgehead atoms. The molecule has 0 radical (unpaired) electrons. The normalized spacial score (nSPS) is 8.93. The van der Waals surface area contributed by atoms with Crippen LogP contribution in [0.4, 0.5) is 11.5 Å². The van der Waals surface area contributed by atoms with Gasteiger partial charge >= 0.3 is 5.69 Å². The lowest BCUT2D eigenvalue weighted by molar-refractivity contribution is -0.384. The average molecular weight is 226 g/mol. The molecule has 0 fully saturated rings. The van der Waals surface area contributed by atoms with Crippen molar-refractivity contribution in [3.05, 3.63) is 27.4 Å². The molecule has 1 N–H and O–H groups in total. The van der Waals surface area contributed by atoms with E-state index < -0.39 is 4.92 Å². The van der Waals surface area contributed by atoms with E-state index in [1.165, 1.54) is 12.3 Å². The average Bonchev–Trinajstić information content (AvgIpc) is 2.20. The molecule has 0 aliphatic heterocycles. The van der Waals surface area contributed by atoms with Crippen molar-refractivity contribution in [1.29, 1.82) is 0 Å². The Balaban J connectivity index is 2.94. The molecule has 5 nitrogen and oxygen atoms in total. The van der Waals surface area contributed by atoms with Gasteiger partial charge in [0, 0.05) is 12.3 Å². The molecule has 0 unspecified atom stereocenters. The summed E-state index contributed by atoms with van der Waals surface area (Å²) in [5.41, 5.74) is -0.152. The molecule has 78 valence electrons. The third kappa shape index (κ3) is 3.11. The highest BCUT2D eigenvalue weighted by atomic mass is 35.5. The van der Waals surface area contributed by atoms with Crippen molar-refractivity contribution in [2.75, 3.05) is 11.9 Å². The van der Waals surface area contributed by atoms with Gasteiger partial charge in [-0.25, -0.2) is 4.98 Å². The van der Waals surface area contributed by atoms with Crippen molar-refractivity contribution in [3.8, 4) is 11.8 Å². The number of pyridine rings is 1. The Morgan fingerprint density at radius 1 is 1.73 bits per heavy atom. The van der Waals surface area contributed by atoms with Crippen LogP contribution < -0.4 is 5.32 Å². The van der Waals surface area contributed by atoms with Crippen LogP contribution in [0.2, 0.25) is 5.02 Å². The number of nitro groups is 1. The lowest BCUT2D eigenvalue weighted by Crippen LogP contribution is -2.04. The van der Waals surface area contributed by atoms with Crippen LogP contribution >= 0.6 is 11.6 Å². The number of nitrogens with zero attached hydrogens (tertiary/aromatic N) is 2. The van der Waals surface area contributed by atoms with Gasteiger partial charge in [0.15, 0.2) is 0 Å². The summed E-state index contributed by atoms with van der Waals surface area (Å²) in [7, 11) is 0. The molecule has 0 aromatic carbocycles. The number of nitrogens with one attached hydrogen (secondary N) is 1. The molecule has 0 aliphatic rings. The van der Waals surface area contributed by atoms with Gasteiger partial charge in [-0.3, -0.25) is 10.1 Å². The molecule has 1 aromatic rings. The van der Waals surface area contributed by atoms with Crippen LogP contribution in [0.15, 0.2) is 12.3 Å². The summed E-state index contributed by atoms with van der Waals surface area (Å²) in [6.07, 6.45) is 1.34. The minimum Gasteiger partial charge on any atom is -0.353 e. The number of aromatic nitrogens is 1. The quantitative estimate of drug-likeness (QED) is 0.486. The van der Waals surface area contributed by atoms with Crippen molar-refractivity contribution in [1.82, 2.24) is 4.98 Å². The highest BCUT2D eigenvalue weighted by molar-refractivity contribution is 6.30. The molecule has 0 aliphatic carbocycles. The SMILES string of the molecule is CC#CCNc1ncc(Cl)cc1[N+](=O)[O-]. The minimum absolute atomic E-state index is 0.152. The van der Waals surface area contributed by atoms with Crippen molar-refractivity contribution in [2.24, 2.45) is 0 Å². The third-order valence-corrected chi connectivity index (χ3v) is 1.76. The zero-order chi connectivity index (χ0) is 11.3. The fourth-order valence-electron chi connectivity index (χ4n) is 0.920. The molecule has 1 heterocycles. The Hall–Kier alpha value is -1.80. The van der Waals surface area contributed by atoms with Crippen LogP contribution in [0.5, 0.6) is 0 Å². The Bertz CT molecular complexity index is 437. The van der Waals surface area contributed by atoms with E-state index in [0.717, 1.165) is 0 Å². The van der Waals surface area contributed by atoms with Crippen LogP contribution in [-0.4, -0.2) is 16.5 Å². The largest absolute Gasteiger partial charge is 0.353 e. The smallest absolute Gasteiger partial charge is 0.312 e. The van der Waals surface area contributed by atoms with Crippen LogP contribution in [-0.2, 0) is 0 Å². The highest BCUT2D eigenvalue weighted by Gasteiger charge is 2.14. The second-order valence-corrected chi connectivity index (χ2v) is 3.00. The molecule has 0 amide bonds. The summed E-state index contributed by atoms with van der Waals surface area (Å²) in [6, 6.07) is 1.25. The van der Waals surface area contributed by atoms with Gasteiger partial charge in [-0.05, 0) is 6.92 Å². The van der Waals surface area contributed by atoms with Crippen molar-refractivity contribution in [3.63, 3.8) is 0 Å². The van der Waals surface area contributed by atoms with E-state index in [1.807, 2.05) is 0 Å². The van der Waals surface area contributed by atoms with Gasteiger partial charge in [0.1, 0.15) is 0 Å². The van der Waals surface area contributed by atoms with E-state index in [1.54, 1.807) is 6.92 Å². The molecule has 6 heteroatoms. The van der Waals surface area contributed by atoms with E-state index >= 15 is 0 Å². The molecule has 1 aromatic heterocycles. The van der Waals surface area contributed by atoms with Crippen LogP contribution in [0.3, 0.4) is 0 Å². The molecular formula is C9H8ClN3O2. The van der Waals surface area contributed by atoms with Crippen molar-refractivity contribution in [2.45, 2.75) is 6.92 Å². The zero-order valence-electron chi connectivity index (χ0n) is 7.95. The number of hydrogen-bond acceptors (Lipinski definition) is 4. The first-order valence-electron chi connectivity index (χ1n) is 4.08. The van der Waals surface area contributed by atoms with Crippen LogP contribution in [0, 0.1) is 22.0 Å². The lowest BCUT2D eigenvalue weighted by atomic mass is 10.4. The fraction of sp³-hybridized carbons (Fsp3) is 0.222. The number of halogens is 1. The molecule has 15 heavy (non-hydrogen) atoms. The van der Waals surface area contributed by atoms with Gasteiger partial charge < -0.3 is 5.32 Å². The molecule has 1 rings (SSSR count). The molecular weight excluding hydrogens is 218 g/mol. The summed E-state index contributed by atoms with van der Waals surface area (Å²) in [5.74, 6) is 5.56. The standard InChI is InChI=1S/C9H8ClN3O2/c1-2-3-4-11-9-8(13(14)15)5-7(10)6-12-9/h5-6H,4H2,1H3,(H,11,12). The van der Waals surface area contributed by atoms with E-state index in [-0.39, 0.29) is 16.5 Å². The van der Waals surface area contributed by atoms with Gasteiger partial charge in [-0.15, -0.1) is 5.92 Å².